The van der Waals surface area contributed by atoms with Crippen molar-refractivity contribution in [3.8, 4) is 0 Å². The van der Waals surface area contributed by atoms with E-state index in [4.69, 9.17) is 15.5 Å². The van der Waals surface area contributed by atoms with E-state index in [-0.39, 0.29) is 7.43 Å². The van der Waals surface area contributed by atoms with E-state index in [9.17, 15) is 0 Å². The van der Waals surface area contributed by atoms with Crippen LogP contribution in [0.4, 0.5) is 11.4 Å². The number of nitrogen functional groups attached to an aromatic ring is 1. The second-order valence-electron chi connectivity index (χ2n) is 8.35. The van der Waals surface area contributed by atoms with Gasteiger partial charge in [-0.15, -0.1) is 0 Å². The highest BCUT2D eigenvalue weighted by molar-refractivity contribution is 5.92. The van der Waals surface area contributed by atoms with E-state index < -0.39 is 0 Å². The van der Waals surface area contributed by atoms with E-state index in [1.165, 1.54) is 16.3 Å². The number of rotatable bonds is 4. The van der Waals surface area contributed by atoms with Crippen LogP contribution in [0.1, 0.15) is 38.6 Å². The van der Waals surface area contributed by atoms with Crippen molar-refractivity contribution in [2.24, 2.45) is 0 Å². The molecule has 5 nitrogen and oxygen atoms in total. The van der Waals surface area contributed by atoms with Crippen LogP contribution in [0.2, 0.25) is 0 Å². The lowest BCUT2D eigenvalue weighted by molar-refractivity contribution is 0.122. The van der Waals surface area contributed by atoms with Crippen LogP contribution in [0.25, 0.3) is 21.8 Å². The van der Waals surface area contributed by atoms with Gasteiger partial charge < -0.3 is 19.9 Å². The first-order valence-corrected chi connectivity index (χ1v) is 10.7. The molecule has 3 aromatic carbocycles. The molecule has 162 valence electrons. The van der Waals surface area contributed by atoms with Crippen molar-refractivity contribution in [2.45, 2.75) is 33.7 Å². The zero-order chi connectivity index (χ0) is 20.7. The predicted octanol–water partition coefficient (Wildman–Crippen LogP) is 5.42. The molecule has 0 bridgehead atoms. The van der Waals surface area contributed by atoms with Gasteiger partial charge >= 0.3 is 0 Å². The Hall–Kier alpha value is -3.05. The van der Waals surface area contributed by atoms with Crippen molar-refractivity contribution in [3.63, 3.8) is 0 Å². The molecule has 0 atom stereocenters. The Balaban J connectivity index is 0.00000231. The summed E-state index contributed by atoms with van der Waals surface area (Å²) in [5, 5.41) is 2.55. The Morgan fingerprint density at radius 3 is 2.55 bits per heavy atom. The molecule has 4 aromatic rings. The van der Waals surface area contributed by atoms with Gasteiger partial charge in [-0.1, -0.05) is 63.7 Å². The molecule has 0 spiro atoms. The topological polar surface area (TPSA) is 56.3 Å². The van der Waals surface area contributed by atoms with Crippen LogP contribution in [-0.2, 0) is 11.3 Å². The quantitative estimate of drug-likeness (QED) is 0.452. The van der Waals surface area contributed by atoms with E-state index in [0.29, 0.717) is 5.92 Å². The van der Waals surface area contributed by atoms with E-state index in [1.54, 1.807) is 0 Å². The molecule has 5 heteroatoms. The van der Waals surface area contributed by atoms with Gasteiger partial charge in [-0.2, -0.15) is 0 Å². The van der Waals surface area contributed by atoms with Crippen LogP contribution in [-0.4, -0.2) is 35.9 Å². The Morgan fingerprint density at radius 1 is 1.03 bits per heavy atom. The normalized spacial score (nSPS) is 14.4. The van der Waals surface area contributed by atoms with Crippen LogP contribution >= 0.6 is 0 Å². The van der Waals surface area contributed by atoms with Crippen LogP contribution in [0.5, 0.6) is 0 Å². The summed E-state index contributed by atoms with van der Waals surface area (Å²) in [6, 6.07) is 19.4. The highest BCUT2D eigenvalue weighted by Crippen LogP contribution is 2.32. The summed E-state index contributed by atoms with van der Waals surface area (Å²) < 4.78 is 7.88. The molecular formula is C26H32N4O. The van der Waals surface area contributed by atoms with Gasteiger partial charge in [-0.25, -0.2) is 4.98 Å². The largest absolute Gasteiger partial charge is 0.397 e. The minimum absolute atomic E-state index is 0. The number of benzene rings is 3. The van der Waals surface area contributed by atoms with Gasteiger partial charge in [0.1, 0.15) is 11.3 Å². The molecule has 0 radical (unpaired) electrons. The van der Waals surface area contributed by atoms with E-state index in [2.05, 4.69) is 77.9 Å². The number of aromatic nitrogens is 2. The smallest absolute Gasteiger partial charge is 0.112 e. The first-order valence-electron chi connectivity index (χ1n) is 10.7. The molecule has 1 fully saturated rings. The number of ether oxygens (including phenoxy) is 1. The lowest BCUT2D eigenvalue weighted by atomic mass is 10.0. The van der Waals surface area contributed by atoms with Crippen LogP contribution in [0.3, 0.4) is 0 Å². The van der Waals surface area contributed by atoms with Gasteiger partial charge in [0.2, 0.25) is 0 Å². The van der Waals surface area contributed by atoms with Gasteiger partial charge in [0.15, 0.2) is 0 Å². The van der Waals surface area contributed by atoms with Crippen LogP contribution in [0.15, 0.2) is 54.6 Å². The summed E-state index contributed by atoms with van der Waals surface area (Å²) in [5.41, 5.74) is 11.7. The first kappa shape index (κ1) is 21.2. The predicted molar refractivity (Wildman–Crippen MR) is 131 cm³/mol. The number of imidazole rings is 1. The number of hydrogen-bond donors (Lipinski definition) is 1. The minimum atomic E-state index is 0. The SMILES string of the molecule is C.CC(C)c1nc2c(N)cc(N3CCOCC3)cc2n1Cc1cccc2ccccc12. The van der Waals surface area contributed by atoms with Crippen molar-refractivity contribution in [3.05, 3.63) is 66.0 Å². The summed E-state index contributed by atoms with van der Waals surface area (Å²) in [4.78, 5) is 7.32. The third kappa shape index (κ3) is 3.86. The maximum atomic E-state index is 6.50. The fourth-order valence-corrected chi connectivity index (χ4v) is 4.46. The number of nitrogens with two attached hydrogens (primary N) is 1. The van der Waals surface area contributed by atoms with E-state index in [0.717, 1.165) is 61.1 Å². The van der Waals surface area contributed by atoms with Gasteiger partial charge in [0.05, 0.1) is 24.4 Å². The standard InChI is InChI=1S/C25H28N4O.CH4/c1-17(2)25-27-24-22(26)14-20(28-10-12-30-13-11-28)15-23(24)29(25)16-19-8-5-7-18-6-3-4-9-21(18)19;/h3-9,14-15,17H,10-13,16,26H2,1-2H3;1H4. The lowest BCUT2D eigenvalue weighted by Crippen LogP contribution is -2.36. The van der Waals surface area contributed by atoms with Crippen molar-refractivity contribution in [2.75, 3.05) is 36.9 Å². The molecule has 2 N–H and O–H groups in total. The average molecular weight is 417 g/mol. The molecule has 5 rings (SSSR count). The number of nitrogens with zero attached hydrogens (tertiary/aromatic N) is 3. The molecule has 31 heavy (non-hydrogen) atoms. The van der Waals surface area contributed by atoms with Crippen LogP contribution in [0, 0.1) is 0 Å². The van der Waals surface area contributed by atoms with Gasteiger partial charge in [-0.05, 0) is 28.5 Å². The summed E-state index contributed by atoms with van der Waals surface area (Å²) in [6.07, 6.45) is 0. The molecule has 0 aliphatic carbocycles. The summed E-state index contributed by atoms with van der Waals surface area (Å²) in [7, 11) is 0. The van der Waals surface area contributed by atoms with E-state index >= 15 is 0 Å². The molecule has 1 aromatic heterocycles. The highest BCUT2D eigenvalue weighted by atomic mass is 16.5. The fourth-order valence-electron chi connectivity index (χ4n) is 4.46. The fraction of sp³-hybridized carbons (Fsp3) is 0.346. The molecule has 2 heterocycles. The molecule has 0 saturated carbocycles. The van der Waals surface area contributed by atoms with Crippen molar-refractivity contribution in [1.82, 2.24) is 9.55 Å². The molecule has 0 amide bonds. The monoisotopic (exact) mass is 416 g/mol. The molecule has 1 aliphatic heterocycles. The third-order valence-electron chi connectivity index (χ3n) is 6.00. The van der Waals surface area contributed by atoms with Crippen molar-refractivity contribution in [1.29, 1.82) is 0 Å². The zero-order valence-corrected chi connectivity index (χ0v) is 17.6. The van der Waals surface area contributed by atoms with E-state index in [1.807, 2.05) is 0 Å². The highest BCUT2D eigenvalue weighted by Gasteiger charge is 2.20. The lowest BCUT2D eigenvalue weighted by Gasteiger charge is -2.29. The number of fused-ring (bicyclic) bond motifs is 2. The minimum Gasteiger partial charge on any atom is -0.397 e. The zero-order valence-electron chi connectivity index (χ0n) is 17.6. The Morgan fingerprint density at radius 2 is 1.77 bits per heavy atom. The summed E-state index contributed by atoms with van der Waals surface area (Å²) >= 11 is 0. The third-order valence-corrected chi connectivity index (χ3v) is 6.00. The Labute approximate surface area is 184 Å². The number of hydrogen-bond acceptors (Lipinski definition) is 4. The molecule has 1 saturated heterocycles. The second kappa shape index (κ2) is 8.60. The summed E-state index contributed by atoms with van der Waals surface area (Å²) in [5.74, 6) is 1.38. The number of anilines is 2. The Kier molecular flexibility index (Phi) is 5.88. The molecule has 0 unspecified atom stereocenters. The van der Waals surface area contributed by atoms with Gasteiger partial charge in [-0.3, -0.25) is 0 Å². The van der Waals surface area contributed by atoms with Gasteiger partial charge in [0, 0.05) is 31.2 Å². The molecule has 1 aliphatic rings. The number of morpholine rings is 1. The van der Waals surface area contributed by atoms with Crippen molar-refractivity contribution >= 4 is 33.2 Å². The maximum Gasteiger partial charge on any atom is 0.112 e. The van der Waals surface area contributed by atoms with Crippen molar-refractivity contribution < 1.29 is 4.74 Å². The Bertz CT molecular complexity index is 1200. The first-order chi connectivity index (χ1) is 14.6. The maximum absolute atomic E-state index is 6.50. The average Bonchev–Trinajstić information content (AvgIpc) is 3.14. The van der Waals surface area contributed by atoms with Crippen LogP contribution < -0.4 is 10.6 Å². The molecular weight excluding hydrogens is 384 g/mol. The summed E-state index contributed by atoms with van der Waals surface area (Å²) in [6.45, 7) is 8.45. The van der Waals surface area contributed by atoms with Gasteiger partial charge in [0.25, 0.3) is 0 Å². The second-order valence-corrected chi connectivity index (χ2v) is 8.35.